The van der Waals surface area contributed by atoms with Crippen molar-refractivity contribution in [1.82, 2.24) is 20.9 Å². The van der Waals surface area contributed by atoms with Crippen LogP contribution < -0.4 is 16.0 Å². The summed E-state index contributed by atoms with van der Waals surface area (Å²) in [6.07, 6.45) is -0.237. The van der Waals surface area contributed by atoms with E-state index in [9.17, 15) is 14.4 Å². The highest BCUT2D eigenvalue weighted by Gasteiger charge is 2.30. The van der Waals surface area contributed by atoms with Crippen molar-refractivity contribution in [2.24, 2.45) is 0 Å². The average molecular weight is 376 g/mol. The van der Waals surface area contributed by atoms with Gasteiger partial charge in [-0.3, -0.25) is 4.79 Å². The summed E-state index contributed by atoms with van der Waals surface area (Å²) < 4.78 is 5.10. The molecule has 0 aromatic heterocycles. The molecule has 2 rings (SSSR count). The fourth-order valence-electron chi connectivity index (χ4n) is 2.72. The summed E-state index contributed by atoms with van der Waals surface area (Å²) in [6.45, 7) is 6.88. The molecule has 3 N–H and O–H groups in total. The van der Waals surface area contributed by atoms with Crippen LogP contribution in [0.4, 0.5) is 9.59 Å². The van der Waals surface area contributed by atoms with Gasteiger partial charge in [0.05, 0.1) is 6.04 Å². The van der Waals surface area contributed by atoms with Crippen molar-refractivity contribution in [2.45, 2.75) is 45.4 Å². The molecule has 1 aromatic rings. The van der Waals surface area contributed by atoms with E-state index >= 15 is 0 Å². The van der Waals surface area contributed by atoms with Crippen molar-refractivity contribution in [2.75, 3.05) is 19.6 Å². The lowest BCUT2D eigenvalue weighted by atomic mass is 10.2. The second kappa shape index (κ2) is 9.25. The smallest absolute Gasteiger partial charge is 0.407 e. The normalized spacial score (nSPS) is 16.8. The monoisotopic (exact) mass is 376 g/mol. The third-order valence-corrected chi connectivity index (χ3v) is 3.84. The topological polar surface area (TPSA) is 99.8 Å². The van der Waals surface area contributed by atoms with E-state index in [4.69, 9.17) is 4.74 Å². The first-order valence-electron chi connectivity index (χ1n) is 9.06. The second-order valence-corrected chi connectivity index (χ2v) is 7.49. The van der Waals surface area contributed by atoms with Crippen LogP contribution in [0, 0.1) is 0 Å². The van der Waals surface area contributed by atoms with E-state index in [0.29, 0.717) is 13.1 Å². The number of nitrogens with zero attached hydrogens (tertiary/aromatic N) is 1. The molecule has 27 heavy (non-hydrogen) atoms. The van der Waals surface area contributed by atoms with Gasteiger partial charge in [0.1, 0.15) is 5.60 Å². The summed E-state index contributed by atoms with van der Waals surface area (Å²) in [7, 11) is 0. The number of amides is 4. The zero-order valence-electron chi connectivity index (χ0n) is 16.1. The van der Waals surface area contributed by atoms with Crippen LogP contribution in [0.2, 0.25) is 0 Å². The van der Waals surface area contributed by atoms with E-state index in [1.54, 1.807) is 25.7 Å². The minimum Gasteiger partial charge on any atom is -0.444 e. The van der Waals surface area contributed by atoms with Crippen molar-refractivity contribution < 1.29 is 19.1 Å². The predicted octanol–water partition coefficient (Wildman–Crippen LogP) is 1.61. The van der Waals surface area contributed by atoms with Crippen LogP contribution in [0.25, 0.3) is 0 Å². The molecule has 1 heterocycles. The van der Waals surface area contributed by atoms with Crippen LogP contribution in [0.3, 0.4) is 0 Å². The SMILES string of the molecule is CC(C)(C)OC(=O)NCCNC(=O)NC1CC(=O)N(Cc2ccccc2)C1. The van der Waals surface area contributed by atoms with Crippen molar-refractivity contribution in [1.29, 1.82) is 0 Å². The number of hydrogen-bond donors (Lipinski definition) is 3. The molecule has 1 saturated heterocycles. The number of carbonyl (C=O) groups excluding carboxylic acids is 3. The maximum absolute atomic E-state index is 12.1. The number of urea groups is 1. The largest absolute Gasteiger partial charge is 0.444 e. The van der Waals surface area contributed by atoms with Gasteiger partial charge in [-0.05, 0) is 26.3 Å². The zero-order valence-corrected chi connectivity index (χ0v) is 16.1. The van der Waals surface area contributed by atoms with Gasteiger partial charge in [-0.15, -0.1) is 0 Å². The van der Waals surface area contributed by atoms with Gasteiger partial charge in [0.2, 0.25) is 5.91 Å². The van der Waals surface area contributed by atoms with Crippen LogP contribution in [0.15, 0.2) is 30.3 Å². The van der Waals surface area contributed by atoms with Gasteiger partial charge in [-0.2, -0.15) is 0 Å². The highest BCUT2D eigenvalue weighted by atomic mass is 16.6. The van der Waals surface area contributed by atoms with Crippen molar-refractivity contribution >= 4 is 18.0 Å². The van der Waals surface area contributed by atoms with Crippen LogP contribution in [-0.4, -0.2) is 54.2 Å². The number of benzene rings is 1. The molecule has 0 radical (unpaired) electrons. The highest BCUT2D eigenvalue weighted by Crippen LogP contribution is 2.15. The van der Waals surface area contributed by atoms with Gasteiger partial charge in [0, 0.05) is 32.6 Å². The summed E-state index contributed by atoms with van der Waals surface area (Å²) in [5, 5.41) is 8.02. The number of ether oxygens (including phenoxy) is 1. The van der Waals surface area contributed by atoms with Crippen molar-refractivity contribution in [3.63, 3.8) is 0 Å². The number of hydrogen-bond acceptors (Lipinski definition) is 4. The molecule has 0 bridgehead atoms. The van der Waals surface area contributed by atoms with E-state index in [2.05, 4.69) is 16.0 Å². The highest BCUT2D eigenvalue weighted by molar-refractivity contribution is 5.81. The molecule has 1 unspecified atom stereocenters. The lowest BCUT2D eigenvalue weighted by molar-refractivity contribution is -0.128. The van der Waals surface area contributed by atoms with Gasteiger partial charge in [-0.1, -0.05) is 30.3 Å². The number of nitrogens with one attached hydrogen (secondary N) is 3. The Bertz CT molecular complexity index is 657. The van der Waals surface area contributed by atoms with Crippen LogP contribution in [0.5, 0.6) is 0 Å². The number of rotatable bonds is 6. The number of likely N-dealkylation sites (tertiary alicyclic amines) is 1. The Morgan fingerprint density at radius 2 is 1.81 bits per heavy atom. The Morgan fingerprint density at radius 1 is 1.15 bits per heavy atom. The molecule has 8 nitrogen and oxygen atoms in total. The van der Waals surface area contributed by atoms with Crippen LogP contribution in [0.1, 0.15) is 32.8 Å². The van der Waals surface area contributed by atoms with E-state index in [1.807, 2.05) is 30.3 Å². The first-order chi connectivity index (χ1) is 12.7. The molecule has 0 aliphatic carbocycles. The van der Waals surface area contributed by atoms with Gasteiger partial charge < -0.3 is 25.6 Å². The van der Waals surface area contributed by atoms with Crippen LogP contribution in [-0.2, 0) is 16.1 Å². The Balaban J connectivity index is 1.65. The zero-order chi connectivity index (χ0) is 19.9. The molecular weight excluding hydrogens is 348 g/mol. The van der Waals surface area contributed by atoms with Gasteiger partial charge in [-0.25, -0.2) is 9.59 Å². The maximum atomic E-state index is 12.1. The molecule has 4 amide bonds. The van der Waals surface area contributed by atoms with Gasteiger partial charge in [0.15, 0.2) is 0 Å². The molecule has 148 valence electrons. The van der Waals surface area contributed by atoms with Crippen molar-refractivity contribution in [3.05, 3.63) is 35.9 Å². The van der Waals surface area contributed by atoms with E-state index in [-0.39, 0.29) is 37.5 Å². The Kier molecular flexibility index (Phi) is 7.04. The fourth-order valence-corrected chi connectivity index (χ4v) is 2.72. The Labute approximate surface area is 159 Å². The lowest BCUT2D eigenvalue weighted by Crippen LogP contribution is -2.45. The summed E-state index contributed by atoms with van der Waals surface area (Å²) in [5.41, 5.74) is 0.499. The van der Waals surface area contributed by atoms with E-state index in [0.717, 1.165) is 5.56 Å². The minimum absolute atomic E-state index is 0.0238. The lowest BCUT2D eigenvalue weighted by Gasteiger charge is -2.20. The molecular formula is C19H28N4O4. The summed E-state index contributed by atoms with van der Waals surface area (Å²) in [5.74, 6) is 0.0238. The summed E-state index contributed by atoms with van der Waals surface area (Å²) in [6, 6.07) is 9.16. The maximum Gasteiger partial charge on any atom is 0.407 e. The molecule has 1 aliphatic rings. The first-order valence-corrected chi connectivity index (χ1v) is 9.06. The Hall–Kier alpha value is -2.77. The van der Waals surface area contributed by atoms with E-state index in [1.165, 1.54) is 0 Å². The van der Waals surface area contributed by atoms with Crippen molar-refractivity contribution in [3.8, 4) is 0 Å². The summed E-state index contributed by atoms with van der Waals surface area (Å²) >= 11 is 0. The minimum atomic E-state index is -0.560. The predicted molar refractivity (Wildman–Crippen MR) is 101 cm³/mol. The third-order valence-electron chi connectivity index (χ3n) is 3.84. The Morgan fingerprint density at radius 3 is 2.48 bits per heavy atom. The third kappa shape index (κ3) is 7.55. The first kappa shape index (κ1) is 20.5. The molecule has 1 atom stereocenters. The summed E-state index contributed by atoms with van der Waals surface area (Å²) in [4.78, 5) is 37.3. The van der Waals surface area contributed by atoms with Gasteiger partial charge in [0.25, 0.3) is 0 Å². The standard InChI is InChI=1S/C19H28N4O4/c1-19(2,3)27-18(26)21-10-9-20-17(25)22-15-11-16(24)23(13-15)12-14-7-5-4-6-8-14/h4-8,15H,9-13H2,1-3H3,(H,21,26)(H2,20,22,25). The fraction of sp³-hybridized carbons (Fsp3) is 0.526. The molecule has 1 aromatic carbocycles. The molecule has 1 aliphatic heterocycles. The molecule has 0 saturated carbocycles. The quantitative estimate of drug-likeness (QED) is 0.657. The molecule has 1 fully saturated rings. The number of carbonyl (C=O) groups is 3. The van der Waals surface area contributed by atoms with E-state index < -0.39 is 11.7 Å². The second-order valence-electron chi connectivity index (χ2n) is 7.49. The van der Waals surface area contributed by atoms with Gasteiger partial charge >= 0.3 is 12.1 Å². The molecule has 0 spiro atoms. The van der Waals surface area contributed by atoms with Crippen LogP contribution >= 0.6 is 0 Å². The molecule has 8 heteroatoms. The average Bonchev–Trinajstić information content (AvgIpc) is 2.90. The number of alkyl carbamates (subject to hydrolysis) is 1.